The molecule has 0 heterocycles. The Balaban J connectivity index is 0. The van der Waals surface area contributed by atoms with E-state index in [1.165, 1.54) is 0 Å². The molecule has 0 rings (SSSR count). The Bertz CT molecular complexity index is 105. The second-order valence-corrected chi connectivity index (χ2v) is 1.95. The van der Waals surface area contributed by atoms with E-state index < -0.39 is 6.16 Å². The van der Waals surface area contributed by atoms with Gasteiger partial charge in [-0.1, -0.05) is 0 Å². The summed E-state index contributed by atoms with van der Waals surface area (Å²) in [6.07, 6.45) is -1.83. The van der Waals surface area contributed by atoms with Gasteiger partial charge in [0, 0.05) is 0 Å². The lowest BCUT2D eigenvalue weighted by molar-refractivity contribution is 0.0222. The molecule has 0 saturated heterocycles. The second kappa shape index (κ2) is 14.6. The molecular formula is C7H16O7. The Morgan fingerprint density at radius 3 is 1.36 bits per heavy atom. The number of hydrogen-bond donors (Lipinski definition) is 4. The molecule has 4 N–H and O–H groups in total. The van der Waals surface area contributed by atoms with Crippen LogP contribution in [-0.2, 0) is 9.47 Å². The third-order valence-electron chi connectivity index (χ3n) is 0.843. The summed E-state index contributed by atoms with van der Waals surface area (Å²) in [7, 11) is 0. The summed E-state index contributed by atoms with van der Waals surface area (Å²) >= 11 is 0. The van der Waals surface area contributed by atoms with Gasteiger partial charge in [-0.2, -0.15) is 0 Å². The maximum atomic E-state index is 8.56. The summed E-state index contributed by atoms with van der Waals surface area (Å²) in [5.74, 6) is 0. The SMILES string of the molecule is O=C(O)O.OCCOCCOCCO. The van der Waals surface area contributed by atoms with Crippen molar-refractivity contribution in [3.05, 3.63) is 0 Å². The molecule has 0 unspecified atom stereocenters. The monoisotopic (exact) mass is 212 g/mol. The molecular weight excluding hydrogens is 196 g/mol. The van der Waals surface area contributed by atoms with Crippen molar-refractivity contribution in [1.29, 1.82) is 0 Å². The molecule has 0 aromatic carbocycles. The second-order valence-electron chi connectivity index (χ2n) is 1.95. The van der Waals surface area contributed by atoms with Crippen LogP contribution in [0.1, 0.15) is 0 Å². The Morgan fingerprint density at radius 2 is 1.14 bits per heavy atom. The van der Waals surface area contributed by atoms with Gasteiger partial charge in [-0.25, -0.2) is 4.79 Å². The van der Waals surface area contributed by atoms with E-state index in [9.17, 15) is 0 Å². The maximum absolute atomic E-state index is 8.56. The van der Waals surface area contributed by atoms with Gasteiger partial charge in [0.15, 0.2) is 0 Å². The van der Waals surface area contributed by atoms with Gasteiger partial charge in [0.2, 0.25) is 0 Å². The summed E-state index contributed by atoms with van der Waals surface area (Å²) in [5.41, 5.74) is 0. The fourth-order valence-corrected chi connectivity index (χ4v) is 0.451. The largest absolute Gasteiger partial charge is 0.503 e. The minimum absolute atomic E-state index is 0.0417. The van der Waals surface area contributed by atoms with Gasteiger partial charge >= 0.3 is 6.16 Å². The van der Waals surface area contributed by atoms with Gasteiger partial charge in [0.1, 0.15) is 0 Å². The maximum Gasteiger partial charge on any atom is 0.503 e. The van der Waals surface area contributed by atoms with Crippen LogP contribution in [0.3, 0.4) is 0 Å². The average Bonchev–Trinajstić information content (AvgIpc) is 2.10. The van der Waals surface area contributed by atoms with E-state index in [1.807, 2.05) is 0 Å². The molecule has 14 heavy (non-hydrogen) atoms. The Hall–Kier alpha value is -0.890. The third kappa shape index (κ3) is 30.4. The Labute approximate surface area is 81.5 Å². The Morgan fingerprint density at radius 1 is 0.857 bits per heavy atom. The third-order valence-corrected chi connectivity index (χ3v) is 0.843. The quantitative estimate of drug-likeness (QED) is 0.409. The van der Waals surface area contributed by atoms with Crippen LogP contribution < -0.4 is 0 Å². The zero-order valence-electron chi connectivity index (χ0n) is 7.76. The van der Waals surface area contributed by atoms with Crippen molar-refractivity contribution in [1.82, 2.24) is 0 Å². The minimum atomic E-state index is -1.83. The predicted molar refractivity (Wildman–Crippen MR) is 46.5 cm³/mol. The topological polar surface area (TPSA) is 116 Å². The summed E-state index contributed by atoms with van der Waals surface area (Å²) in [6.45, 7) is 1.73. The van der Waals surface area contributed by atoms with Crippen molar-refractivity contribution in [2.75, 3.05) is 39.6 Å². The van der Waals surface area contributed by atoms with Crippen molar-refractivity contribution in [2.24, 2.45) is 0 Å². The van der Waals surface area contributed by atoms with Crippen LogP contribution in [0.2, 0.25) is 0 Å². The summed E-state index contributed by atoms with van der Waals surface area (Å²) in [4.78, 5) is 8.56. The van der Waals surface area contributed by atoms with Gasteiger partial charge in [0.25, 0.3) is 0 Å². The first-order chi connectivity index (χ1) is 6.65. The minimum Gasteiger partial charge on any atom is -0.450 e. The van der Waals surface area contributed by atoms with E-state index in [2.05, 4.69) is 0 Å². The van der Waals surface area contributed by atoms with E-state index >= 15 is 0 Å². The highest BCUT2D eigenvalue weighted by Crippen LogP contribution is 1.76. The van der Waals surface area contributed by atoms with Crippen molar-refractivity contribution in [2.45, 2.75) is 0 Å². The van der Waals surface area contributed by atoms with Gasteiger partial charge in [-0.3, -0.25) is 0 Å². The molecule has 0 aliphatic heterocycles. The van der Waals surface area contributed by atoms with Gasteiger partial charge in [-0.15, -0.1) is 0 Å². The standard InChI is InChI=1S/C6H14O4.CH2O3/c7-1-3-9-5-6-10-4-2-8;2-1(3)4/h7-8H,1-6H2;(H2,2,3,4). The first-order valence-corrected chi connectivity index (χ1v) is 3.94. The number of aliphatic hydroxyl groups excluding tert-OH is 2. The normalized spacial score (nSPS) is 9.00. The fourth-order valence-electron chi connectivity index (χ4n) is 0.451. The average molecular weight is 212 g/mol. The molecule has 0 amide bonds. The molecule has 0 radical (unpaired) electrons. The van der Waals surface area contributed by atoms with Gasteiger partial charge in [0.05, 0.1) is 39.6 Å². The van der Waals surface area contributed by atoms with Crippen molar-refractivity contribution in [3.63, 3.8) is 0 Å². The first-order valence-electron chi connectivity index (χ1n) is 3.94. The van der Waals surface area contributed by atoms with E-state index in [0.29, 0.717) is 26.4 Å². The Kier molecular flexibility index (Phi) is 16.3. The number of aliphatic hydroxyl groups is 2. The zero-order chi connectivity index (χ0) is 11.2. The fraction of sp³-hybridized carbons (Fsp3) is 0.857. The zero-order valence-corrected chi connectivity index (χ0v) is 7.76. The first kappa shape index (κ1) is 15.6. The van der Waals surface area contributed by atoms with Crippen LogP contribution >= 0.6 is 0 Å². The number of rotatable bonds is 7. The van der Waals surface area contributed by atoms with Crippen LogP contribution in [0.4, 0.5) is 4.79 Å². The highest BCUT2D eigenvalue weighted by Gasteiger charge is 1.86. The molecule has 7 nitrogen and oxygen atoms in total. The lowest BCUT2D eigenvalue weighted by atomic mass is 10.7. The number of ether oxygens (including phenoxy) is 2. The van der Waals surface area contributed by atoms with Crippen LogP contribution in [0.15, 0.2) is 0 Å². The molecule has 86 valence electrons. The van der Waals surface area contributed by atoms with Gasteiger partial charge in [-0.05, 0) is 0 Å². The smallest absolute Gasteiger partial charge is 0.450 e. The molecule has 7 heteroatoms. The lowest BCUT2D eigenvalue weighted by Crippen LogP contribution is -2.09. The van der Waals surface area contributed by atoms with Crippen molar-refractivity contribution in [3.8, 4) is 0 Å². The summed E-state index contributed by atoms with van der Waals surface area (Å²) < 4.78 is 9.75. The molecule has 0 spiro atoms. The summed E-state index contributed by atoms with van der Waals surface area (Å²) in [5, 5.41) is 30.5. The van der Waals surface area contributed by atoms with Gasteiger partial charge < -0.3 is 29.9 Å². The van der Waals surface area contributed by atoms with Crippen molar-refractivity contribution >= 4 is 6.16 Å². The number of carbonyl (C=O) groups is 1. The van der Waals surface area contributed by atoms with Crippen LogP contribution in [0.25, 0.3) is 0 Å². The van der Waals surface area contributed by atoms with E-state index in [-0.39, 0.29) is 13.2 Å². The predicted octanol–water partition coefficient (Wildman–Crippen LogP) is -0.773. The van der Waals surface area contributed by atoms with E-state index in [1.54, 1.807) is 0 Å². The molecule has 0 aliphatic rings. The van der Waals surface area contributed by atoms with Crippen LogP contribution in [0.5, 0.6) is 0 Å². The van der Waals surface area contributed by atoms with E-state index in [0.717, 1.165) is 0 Å². The number of hydrogen-bond acceptors (Lipinski definition) is 5. The van der Waals surface area contributed by atoms with Crippen LogP contribution in [-0.4, -0.2) is 66.2 Å². The molecule has 0 saturated carbocycles. The molecule has 0 aromatic rings. The van der Waals surface area contributed by atoms with Crippen LogP contribution in [0, 0.1) is 0 Å². The highest BCUT2D eigenvalue weighted by atomic mass is 16.6. The van der Waals surface area contributed by atoms with E-state index in [4.69, 9.17) is 34.7 Å². The molecule has 0 bridgehead atoms. The highest BCUT2D eigenvalue weighted by molar-refractivity contribution is 5.53. The molecule has 0 aliphatic carbocycles. The summed E-state index contributed by atoms with van der Waals surface area (Å²) in [6, 6.07) is 0. The molecule has 0 aromatic heterocycles. The van der Waals surface area contributed by atoms with Crippen molar-refractivity contribution < 1.29 is 34.7 Å². The molecule has 0 fully saturated rings. The number of carboxylic acid groups (broad SMARTS) is 2. The molecule has 0 atom stereocenters. The lowest BCUT2D eigenvalue weighted by Gasteiger charge is -2.01.